The van der Waals surface area contributed by atoms with Gasteiger partial charge in [0.2, 0.25) is 0 Å². The maximum atomic E-state index is 13.7. The molecule has 1 aromatic rings. The molecule has 4 nitrogen and oxygen atoms in total. The van der Waals surface area contributed by atoms with Crippen LogP contribution in [0, 0.1) is 5.82 Å². The van der Waals surface area contributed by atoms with Crippen molar-refractivity contribution < 1.29 is 27.4 Å². The lowest BCUT2D eigenvalue weighted by atomic mass is 10.1. The lowest BCUT2D eigenvalue weighted by Crippen LogP contribution is -2.09. The number of ether oxygens (including phenoxy) is 2. The summed E-state index contributed by atoms with van der Waals surface area (Å²) in [6, 6.07) is 0. The molecule has 0 radical (unpaired) electrons. The second-order valence-electron chi connectivity index (χ2n) is 3.07. The number of halogens is 3. The lowest BCUT2D eigenvalue weighted by molar-refractivity contribution is -0.139. The van der Waals surface area contributed by atoms with Gasteiger partial charge in [0.05, 0.1) is 20.6 Å². The Morgan fingerprint density at radius 3 is 2.59 bits per heavy atom. The minimum atomic E-state index is -2.95. The van der Waals surface area contributed by atoms with E-state index in [1.54, 1.807) is 0 Å². The molecule has 1 heterocycles. The summed E-state index contributed by atoms with van der Waals surface area (Å²) in [5.41, 5.74) is -0.947. The van der Waals surface area contributed by atoms with E-state index < -0.39 is 36.1 Å². The molecule has 0 aliphatic rings. The van der Waals surface area contributed by atoms with E-state index in [1.807, 2.05) is 0 Å². The van der Waals surface area contributed by atoms with Gasteiger partial charge in [0.1, 0.15) is 0 Å². The first-order chi connectivity index (χ1) is 8.01. The van der Waals surface area contributed by atoms with Crippen molar-refractivity contribution >= 4 is 5.97 Å². The van der Waals surface area contributed by atoms with Crippen molar-refractivity contribution in [2.45, 2.75) is 12.8 Å². The number of pyridine rings is 1. The molecule has 0 saturated heterocycles. The van der Waals surface area contributed by atoms with Crippen molar-refractivity contribution in [1.82, 2.24) is 4.98 Å². The molecule has 1 rings (SSSR count). The third kappa shape index (κ3) is 2.86. The monoisotopic (exact) mass is 249 g/mol. The highest BCUT2D eigenvalue weighted by Gasteiger charge is 2.23. The maximum Gasteiger partial charge on any atom is 0.310 e. The lowest BCUT2D eigenvalue weighted by Gasteiger charge is -2.10. The van der Waals surface area contributed by atoms with Crippen LogP contribution in [-0.2, 0) is 16.0 Å². The molecule has 17 heavy (non-hydrogen) atoms. The van der Waals surface area contributed by atoms with E-state index in [1.165, 1.54) is 0 Å². The van der Waals surface area contributed by atoms with Gasteiger partial charge in [0.25, 0.3) is 6.43 Å². The Labute approximate surface area is 95.4 Å². The van der Waals surface area contributed by atoms with Crippen LogP contribution in [0.3, 0.4) is 0 Å². The van der Waals surface area contributed by atoms with Gasteiger partial charge in [-0.1, -0.05) is 0 Å². The molecule has 0 unspecified atom stereocenters. The zero-order chi connectivity index (χ0) is 13.0. The average molecular weight is 249 g/mol. The zero-order valence-electron chi connectivity index (χ0n) is 9.17. The summed E-state index contributed by atoms with van der Waals surface area (Å²) >= 11 is 0. The van der Waals surface area contributed by atoms with Gasteiger partial charge in [-0.3, -0.25) is 9.78 Å². The summed E-state index contributed by atoms with van der Waals surface area (Å²) in [4.78, 5) is 14.3. The Morgan fingerprint density at radius 1 is 1.47 bits per heavy atom. The van der Waals surface area contributed by atoms with Crippen LogP contribution < -0.4 is 4.74 Å². The van der Waals surface area contributed by atoms with Crippen molar-refractivity contribution in [3.05, 3.63) is 23.3 Å². The molecule has 0 bridgehead atoms. The van der Waals surface area contributed by atoms with Crippen molar-refractivity contribution in [1.29, 1.82) is 0 Å². The molecular formula is C10H10F3NO3. The van der Waals surface area contributed by atoms with Gasteiger partial charge in [-0.25, -0.2) is 13.2 Å². The molecule has 0 amide bonds. The first-order valence-electron chi connectivity index (χ1n) is 4.57. The van der Waals surface area contributed by atoms with Gasteiger partial charge in [0, 0.05) is 11.8 Å². The summed E-state index contributed by atoms with van der Waals surface area (Å²) < 4.78 is 47.5. The zero-order valence-corrected chi connectivity index (χ0v) is 9.17. The maximum absolute atomic E-state index is 13.7. The van der Waals surface area contributed by atoms with Crippen LogP contribution >= 0.6 is 0 Å². The first-order valence-corrected chi connectivity index (χ1v) is 4.57. The van der Waals surface area contributed by atoms with Crippen molar-refractivity contribution in [2.75, 3.05) is 14.2 Å². The quantitative estimate of drug-likeness (QED) is 0.764. The number of carbonyl (C=O) groups is 1. The van der Waals surface area contributed by atoms with E-state index in [0.717, 1.165) is 20.4 Å². The summed E-state index contributed by atoms with van der Waals surface area (Å²) in [6.45, 7) is 0. The number of methoxy groups -OCH3 is 2. The summed E-state index contributed by atoms with van der Waals surface area (Å²) in [5.74, 6) is -2.37. The van der Waals surface area contributed by atoms with Gasteiger partial charge < -0.3 is 9.47 Å². The fourth-order valence-electron chi connectivity index (χ4n) is 1.22. The van der Waals surface area contributed by atoms with Gasteiger partial charge in [-0.15, -0.1) is 0 Å². The van der Waals surface area contributed by atoms with E-state index in [4.69, 9.17) is 0 Å². The number of nitrogens with zero attached hydrogens (tertiary/aromatic N) is 1. The van der Waals surface area contributed by atoms with E-state index in [9.17, 15) is 18.0 Å². The third-order valence-electron chi connectivity index (χ3n) is 2.05. The number of carbonyl (C=O) groups excluding carboxylic acids is 1. The highest BCUT2D eigenvalue weighted by atomic mass is 19.3. The highest BCUT2D eigenvalue weighted by Crippen LogP contribution is 2.30. The smallest absolute Gasteiger partial charge is 0.310 e. The summed E-state index contributed by atoms with van der Waals surface area (Å²) in [7, 11) is 2.19. The fraction of sp³-hybridized carbons (Fsp3) is 0.400. The van der Waals surface area contributed by atoms with E-state index >= 15 is 0 Å². The van der Waals surface area contributed by atoms with Crippen molar-refractivity contribution in [3.8, 4) is 5.75 Å². The SMILES string of the molecule is COC(=O)Cc1cnc(C(F)F)c(OC)c1F. The van der Waals surface area contributed by atoms with E-state index in [2.05, 4.69) is 14.5 Å². The fourth-order valence-corrected chi connectivity index (χ4v) is 1.22. The number of rotatable bonds is 4. The largest absolute Gasteiger partial charge is 0.492 e. The molecule has 0 aliphatic carbocycles. The van der Waals surface area contributed by atoms with Gasteiger partial charge in [-0.2, -0.15) is 0 Å². The Hall–Kier alpha value is -1.79. The van der Waals surface area contributed by atoms with E-state index in [-0.39, 0.29) is 5.56 Å². The molecule has 0 aliphatic heterocycles. The summed E-state index contributed by atoms with van der Waals surface area (Å²) in [5, 5.41) is 0. The molecule has 1 aromatic heterocycles. The molecule has 94 valence electrons. The molecular weight excluding hydrogens is 239 g/mol. The predicted octanol–water partition coefficient (Wildman–Crippen LogP) is 1.88. The number of aromatic nitrogens is 1. The van der Waals surface area contributed by atoms with Crippen LogP contribution in [-0.4, -0.2) is 25.2 Å². The Kier molecular flexibility index (Phi) is 4.30. The van der Waals surface area contributed by atoms with Crippen LogP contribution in [0.1, 0.15) is 17.7 Å². The molecule has 0 spiro atoms. The van der Waals surface area contributed by atoms with E-state index in [0.29, 0.717) is 0 Å². The van der Waals surface area contributed by atoms with Gasteiger partial charge >= 0.3 is 5.97 Å². The number of hydrogen-bond acceptors (Lipinski definition) is 4. The summed E-state index contributed by atoms with van der Waals surface area (Å²) in [6.07, 6.45) is -2.47. The first kappa shape index (κ1) is 13.3. The van der Waals surface area contributed by atoms with Gasteiger partial charge in [-0.05, 0) is 0 Å². The third-order valence-corrected chi connectivity index (χ3v) is 2.05. The molecule has 0 N–H and O–H groups in total. The van der Waals surface area contributed by atoms with Crippen molar-refractivity contribution in [2.24, 2.45) is 0 Å². The predicted molar refractivity (Wildman–Crippen MR) is 51.4 cm³/mol. The Bertz CT molecular complexity index is 424. The topological polar surface area (TPSA) is 48.4 Å². The minimum Gasteiger partial charge on any atom is -0.492 e. The average Bonchev–Trinajstić information content (AvgIpc) is 2.30. The van der Waals surface area contributed by atoms with Crippen LogP contribution in [0.4, 0.5) is 13.2 Å². The number of esters is 1. The standard InChI is InChI=1S/C10H10F3NO3/c1-16-6(15)3-5-4-14-8(10(12)13)9(17-2)7(5)11/h4,10H,3H2,1-2H3. The molecule has 0 saturated carbocycles. The normalized spacial score (nSPS) is 10.5. The number of alkyl halides is 2. The molecule has 0 fully saturated rings. The van der Waals surface area contributed by atoms with Gasteiger partial charge in [0.15, 0.2) is 17.3 Å². The molecule has 0 atom stereocenters. The second kappa shape index (κ2) is 5.51. The second-order valence-corrected chi connectivity index (χ2v) is 3.07. The number of hydrogen-bond donors (Lipinski definition) is 0. The highest BCUT2D eigenvalue weighted by molar-refractivity contribution is 5.72. The van der Waals surface area contributed by atoms with Crippen LogP contribution in [0.25, 0.3) is 0 Å². The Morgan fingerprint density at radius 2 is 2.12 bits per heavy atom. The van der Waals surface area contributed by atoms with Crippen molar-refractivity contribution in [3.63, 3.8) is 0 Å². The minimum absolute atomic E-state index is 0.155. The van der Waals surface area contributed by atoms with Crippen LogP contribution in [0.2, 0.25) is 0 Å². The molecule has 0 aromatic carbocycles. The Balaban J connectivity index is 3.15. The van der Waals surface area contributed by atoms with Crippen LogP contribution in [0.5, 0.6) is 5.75 Å². The molecule has 7 heteroatoms. The van der Waals surface area contributed by atoms with Crippen LogP contribution in [0.15, 0.2) is 6.20 Å².